The van der Waals surface area contributed by atoms with Crippen LogP contribution in [0.4, 0.5) is 32.3 Å². The van der Waals surface area contributed by atoms with Gasteiger partial charge in [0.25, 0.3) is 11.8 Å². The zero-order valence-corrected chi connectivity index (χ0v) is 16.9. The van der Waals surface area contributed by atoms with Crippen LogP contribution in [0.25, 0.3) is 11.5 Å². The van der Waals surface area contributed by atoms with Crippen molar-refractivity contribution in [3.05, 3.63) is 53.9 Å². The van der Waals surface area contributed by atoms with Crippen molar-refractivity contribution in [1.29, 1.82) is 0 Å². The molecule has 7 nitrogen and oxygen atoms in total. The molecular weight excluding hydrogens is 444 g/mol. The van der Waals surface area contributed by atoms with Crippen LogP contribution >= 0.6 is 0 Å². The molecule has 0 bridgehead atoms. The number of aromatic nitrogens is 4. The fraction of sp³-hybridized carbons (Fsp3) is 0.368. The van der Waals surface area contributed by atoms with Gasteiger partial charge in [-0.3, -0.25) is 0 Å². The van der Waals surface area contributed by atoms with Crippen molar-refractivity contribution in [1.82, 2.24) is 20.2 Å². The number of halogens is 6. The van der Waals surface area contributed by atoms with Gasteiger partial charge in [-0.1, -0.05) is 26.0 Å². The lowest BCUT2D eigenvalue weighted by molar-refractivity contribution is -0.174. The van der Waals surface area contributed by atoms with E-state index in [1.807, 2.05) is 13.8 Å². The second-order valence-corrected chi connectivity index (χ2v) is 5.92. The Morgan fingerprint density at radius 1 is 1.03 bits per heavy atom. The molecule has 0 aliphatic rings. The molecule has 0 amide bonds. The first kappa shape index (κ1) is 25.0. The van der Waals surface area contributed by atoms with Gasteiger partial charge >= 0.3 is 12.6 Å². The van der Waals surface area contributed by atoms with Gasteiger partial charge in [-0.15, -0.1) is 10.2 Å². The van der Waals surface area contributed by atoms with Crippen LogP contribution in [0.3, 0.4) is 0 Å². The molecular formula is C19H19F6N5O2. The number of alkyl halides is 5. The number of hydrogen-bond acceptors (Lipinski definition) is 7. The molecule has 0 spiro atoms. The Morgan fingerprint density at radius 2 is 1.66 bits per heavy atom. The molecule has 2 aromatic heterocycles. The SMILES string of the molecule is CC.Fc1ccc(C(COCC(F)(F)F)Nc2ncc(-c3nnc(C(F)F)o3)cn2)cc1. The number of nitrogens with zero attached hydrogens (tertiary/aromatic N) is 4. The summed E-state index contributed by atoms with van der Waals surface area (Å²) in [4.78, 5) is 7.92. The Labute approximate surface area is 178 Å². The Morgan fingerprint density at radius 3 is 2.19 bits per heavy atom. The molecule has 0 fully saturated rings. The van der Waals surface area contributed by atoms with Gasteiger partial charge in [0.2, 0.25) is 5.95 Å². The highest BCUT2D eigenvalue weighted by atomic mass is 19.4. The predicted molar refractivity (Wildman–Crippen MR) is 101 cm³/mol. The maximum atomic E-state index is 13.2. The molecule has 0 aliphatic heterocycles. The van der Waals surface area contributed by atoms with E-state index >= 15 is 0 Å². The molecule has 3 aromatic rings. The van der Waals surface area contributed by atoms with Gasteiger partial charge in [0.15, 0.2) is 0 Å². The predicted octanol–water partition coefficient (Wildman–Crippen LogP) is 5.36. The molecule has 13 heteroatoms. The van der Waals surface area contributed by atoms with E-state index in [2.05, 4.69) is 25.5 Å². The quantitative estimate of drug-likeness (QED) is 0.450. The molecule has 1 unspecified atom stereocenters. The highest BCUT2D eigenvalue weighted by Crippen LogP contribution is 2.24. The van der Waals surface area contributed by atoms with Crippen LogP contribution in [0.2, 0.25) is 0 Å². The third-order valence-electron chi connectivity index (χ3n) is 3.65. The van der Waals surface area contributed by atoms with Gasteiger partial charge in [0, 0.05) is 12.4 Å². The fourth-order valence-electron chi connectivity index (χ4n) is 2.32. The summed E-state index contributed by atoms with van der Waals surface area (Å²) in [6.45, 7) is 2.13. The third kappa shape index (κ3) is 7.48. The first-order chi connectivity index (χ1) is 15.2. The van der Waals surface area contributed by atoms with Gasteiger partial charge in [-0.25, -0.2) is 14.4 Å². The van der Waals surface area contributed by atoms with Crippen LogP contribution in [0.5, 0.6) is 0 Å². The molecule has 2 heterocycles. The van der Waals surface area contributed by atoms with Gasteiger partial charge < -0.3 is 14.5 Å². The van der Waals surface area contributed by atoms with Gasteiger partial charge in [-0.2, -0.15) is 22.0 Å². The fourth-order valence-corrected chi connectivity index (χ4v) is 2.32. The minimum absolute atomic E-state index is 0.00252. The van der Waals surface area contributed by atoms with Crippen LogP contribution in [0.15, 0.2) is 41.1 Å². The van der Waals surface area contributed by atoms with Crippen molar-refractivity contribution in [3.63, 3.8) is 0 Å². The van der Waals surface area contributed by atoms with Crippen molar-refractivity contribution >= 4 is 5.95 Å². The number of benzene rings is 1. The smallest absolute Gasteiger partial charge is 0.411 e. The number of rotatable bonds is 8. The minimum Gasteiger partial charge on any atom is -0.415 e. The van der Waals surface area contributed by atoms with Crippen LogP contribution in [-0.4, -0.2) is 39.6 Å². The van der Waals surface area contributed by atoms with Crippen LogP contribution in [0, 0.1) is 5.82 Å². The van der Waals surface area contributed by atoms with E-state index < -0.39 is 43.6 Å². The normalized spacial score (nSPS) is 12.3. The second kappa shape index (κ2) is 11.4. The highest BCUT2D eigenvalue weighted by molar-refractivity contribution is 5.50. The van der Waals surface area contributed by atoms with Crippen molar-refractivity contribution in [2.75, 3.05) is 18.5 Å². The summed E-state index contributed by atoms with van der Waals surface area (Å²) in [5.74, 6) is -1.60. The van der Waals surface area contributed by atoms with Crippen molar-refractivity contribution in [2.45, 2.75) is 32.5 Å². The molecule has 1 N–H and O–H groups in total. The Bertz CT molecular complexity index is 948. The summed E-state index contributed by atoms with van der Waals surface area (Å²) >= 11 is 0. The lowest BCUT2D eigenvalue weighted by Crippen LogP contribution is -2.23. The second-order valence-electron chi connectivity index (χ2n) is 5.92. The van der Waals surface area contributed by atoms with Gasteiger partial charge in [0.05, 0.1) is 18.2 Å². The van der Waals surface area contributed by atoms with E-state index in [0.717, 1.165) is 12.1 Å². The number of ether oxygens (including phenoxy) is 1. The first-order valence-electron chi connectivity index (χ1n) is 9.32. The Hall–Kier alpha value is -3.22. The zero-order chi connectivity index (χ0) is 23.7. The lowest BCUT2D eigenvalue weighted by atomic mass is 10.1. The van der Waals surface area contributed by atoms with E-state index in [0.29, 0.717) is 5.56 Å². The van der Waals surface area contributed by atoms with Crippen LogP contribution in [-0.2, 0) is 4.74 Å². The molecule has 0 saturated heterocycles. The third-order valence-corrected chi connectivity index (χ3v) is 3.65. The average molecular weight is 463 g/mol. The molecule has 1 atom stereocenters. The van der Waals surface area contributed by atoms with E-state index in [1.165, 1.54) is 24.5 Å². The van der Waals surface area contributed by atoms with E-state index in [1.54, 1.807) is 0 Å². The van der Waals surface area contributed by atoms with Crippen LogP contribution in [0.1, 0.15) is 37.8 Å². The molecule has 0 saturated carbocycles. The van der Waals surface area contributed by atoms with Gasteiger partial charge in [0.1, 0.15) is 12.4 Å². The lowest BCUT2D eigenvalue weighted by Gasteiger charge is -2.20. The van der Waals surface area contributed by atoms with Crippen LogP contribution < -0.4 is 5.32 Å². The standard InChI is InChI=1S/C17H13F6N5O2.C2H6/c18-11-3-1-9(2-4-11)12(7-29-8-17(21,22)23)26-16-24-5-10(6-25-16)14-27-28-15(30-14)13(19)20;1-2/h1-6,12-13H,7-8H2,(H,24,25,26);1-2H3. The highest BCUT2D eigenvalue weighted by Gasteiger charge is 2.28. The molecule has 32 heavy (non-hydrogen) atoms. The molecule has 0 radical (unpaired) electrons. The van der Waals surface area contributed by atoms with E-state index in [9.17, 15) is 26.3 Å². The monoisotopic (exact) mass is 463 g/mol. The summed E-state index contributed by atoms with van der Waals surface area (Å²) in [7, 11) is 0. The Balaban J connectivity index is 0.00000176. The topological polar surface area (TPSA) is 86.0 Å². The van der Waals surface area contributed by atoms with Crippen molar-refractivity contribution in [3.8, 4) is 11.5 Å². The number of anilines is 1. The summed E-state index contributed by atoms with van der Waals surface area (Å²) in [6, 6.07) is 4.22. The Kier molecular flexibility index (Phi) is 8.93. The number of hydrogen-bond donors (Lipinski definition) is 1. The zero-order valence-electron chi connectivity index (χ0n) is 16.9. The molecule has 3 rings (SSSR count). The largest absolute Gasteiger partial charge is 0.415 e. The minimum atomic E-state index is -4.51. The van der Waals surface area contributed by atoms with E-state index in [-0.39, 0.29) is 17.4 Å². The van der Waals surface area contributed by atoms with Crippen molar-refractivity contribution in [2.24, 2.45) is 0 Å². The molecule has 0 aliphatic carbocycles. The maximum Gasteiger partial charge on any atom is 0.411 e. The van der Waals surface area contributed by atoms with Crippen molar-refractivity contribution < 1.29 is 35.5 Å². The maximum absolute atomic E-state index is 13.2. The summed E-state index contributed by atoms with van der Waals surface area (Å²) in [6.07, 6.45) is -5.03. The first-order valence-corrected chi connectivity index (χ1v) is 9.32. The van der Waals surface area contributed by atoms with Gasteiger partial charge in [-0.05, 0) is 17.7 Å². The summed E-state index contributed by atoms with van der Waals surface area (Å²) < 4.78 is 84.7. The number of nitrogens with one attached hydrogen (secondary N) is 1. The summed E-state index contributed by atoms with van der Waals surface area (Å²) in [5.41, 5.74) is 0.594. The summed E-state index contributed by atoms with van der Waals surface area (Å²) in [5, 5.41) is 9.42. The average Bonchev–Trinajstić information content (AvgIpc) is 3.25. The van der Waals surface area contributed by atoms with E-state index in [4.69, 9.17) is 9.15 Å². The molecule has 1 aromatic carbocycles. The molecule has 174 valence electrons.